The molecular weight excluding hydrogens is 1200 g/mol. The van der Waals surface area contributed by atoms with Crippen molar-refractivity contribution in [3.63, 3.8) is 0 Å². The van der Waals surface area contributed by atoms with E-state index in [4.69, 9.17) is 37.0 Å². The summed E-state index contributed by atoms with van der Waals surface area (Å²) in [6, 6.07) is 0. The van der Waals surface area contributed by atoms with E-state index in [1.165, 1.54) is 186 Å². The van der Waals surface area contributed by atoms with Gasteiger partial charge in [0.2, 0.25) is 0 Å². The standard InChI is InChI=1S/C72H140O17P2/c1-7-10-12-14-16-18-27-32-36-43-49-55-70(75)83-60-67(88-71(76)56-50-44-37-33-29-26-24-22-20-19-21-23-25-28-31-34-41-47-53-65(6)9-3)62-86-90(78,79)84-58-66(73)59-85-91(80,81)87-63-68(89-72(77)57-51-45-39-38-40-46-52-64(4)5)61-82-69(74)54-48-42-35-30-17-15-13-11-8-2/h64-68,73H,7-63H2,1-6H3,(H,78,79)(H,80,81)/t65?,66-,67-,68-/m1/s1. The van der Waals surface area contributed by atoms with E-state index in [1.807, 2.05) is 0 Å². The van der Waals surface area contributed by atoms with E-state index in [0.717, 1.165) is 95.8 Å². The van der Waals surface area contributed by atoms with Crippen LogP contribution in [0, 0.1) is 11.8 Å². The number of rotatable bonds is 71. The van der Waals surface area contributed by atoms with Gasteiger partial charge in [0.15, 0.2) is 12.2 Å². The van der Waals surface area contributed by atoms with Gasteiger partial charge >= 0.3 is 39.5 Å². The summed E-state index contributed by atoms with van der Waals surface area (Å²) in [7, 11) is -9.90. The molecule has 91 heavy (non-hydrogen) atoms. The maximum atomic E-state index is 13.0. The Morgan fingerprint density at radius 3 is 0.835 bits per heavy atom. The number of phosphoric acid groups is 2. The highest BCUT2D eigenvalue weighted by Gasteiger charge is 2.30. The first-order valence-corrected chi connectivity index (χ1v) is 40.5. The normalized spacial score (nSPS) is 14.4. The summed E-state index contributed by atoms with van der Waals surface area (Å²) in [6.07, 6.45) is 50.2. The van der Waals surface area contributed by atoms with Crippen LogP contribution >= 0.6 is 15.6 Å². The first-order valence-electron chi connectivity index (χ1n) is 37.5. The van der Waals surface area contributed by atoms with E-state index in [-0.39, 0.29) is 25.7 Å². The highest BCUT2D eigenvalue weighted by atomic mass is 31.2. The van der Waals surface area contributed by atoms with Crippen LogP contribution in [-0.2, 0) is 65.4 Å². The van der Waals surface area contributed by atoms with E-state index in [1.54, 1.807) is 0 Å². The van der Waals surface area contributed by atoms with Crippen LogP contribution in [0.1, 0.15) is 369 Å². The minimum atomic E-state index is -4.95. The van der Waals surface area contributed by atoms with Gasteiger partial charge in [-0.05, 0) is 37.5 Å². The lowest BCUT2D eigenvalue weighted by Gasteiger charge is -2.21. The summed E-state index contributed by atoms with van der Waals surface area (Å²) >= 11 is 0. The summed E-state index contributed by atoms with van der Waals surface area (Å²) in [5, 5.41) is 10.6. The number of unbranched alkanes of at least 4 members (excludes halogenated alkanes) is 40. The lowest BCUT2D eigenvalue weighted by molar-refractivity contribution is -0.161. The fourth-order valence-electron chi connectivity index (χ4n) is 10.9. The average Bonchev–Trinajstić information content (AvgIpc) is 2.87. The van der Waals surface area contributed by atoms with Crippen LogP contribution in [0.5, 0.6) is 0 Å². The van der Waals surface area contributed by atoms with Crippen LogP contribution in [0.25, 0.3) is 0 Å². The number of carbonyl (C=O) groups is 4. The van der Waals surface area contributed by atoms with Crippen molar-refractivity contribution in [3.8, 4) is 0 Å². The maximum Gasteiger partial charge on any atom is 0.472 e. The number of esters is 4. The molecule has 19 heteroatoms. The van der Waals surface area contributed by atoms with Gasteiger partial charge in [0.1, 0.15) is 19.3 Å². The molecule has 0 rings (SSSR count). The molecule has 0 bridgehead atoms. The first-order chi connectivity index (χ1) is 43.9. The fraction of sp³-hybridized carbons (Fsp3) is 0.944. The van der Waals surface area contributed by atoms with Gasteiger partial charge in [0, 0.05) is 25.7 Å². The Hall–Kier alpha value is -1.94. The molecule has 0 heterocycles. The zero-order valence-electron chi connectivity index (χ0n) is 59.1. The van der Waals surface area contributed by atoms with Crippen molar-refractivity contribution in [2.75, 3.05) is 39.6 Å². The van der Waals surface area contributed by atoms with Crippen molar-refractivity contribution < 1.29 is 80.2 Å². The molecule has 0 aromatic carbocycles. The summed E-state index contributed by atoms with van der Waals surface area (Å²) in [5.41, 5.74) is 0. The zero-order valence-corrected chi connectivity index (χ0v) is 60.9. The van der Waals surface area contributed by atoms with E-state index >= 15 is 0 Å². The number of aliphatic hydroxyl groups is 1. The van der Waals surface area contributed by atoms with Crippen LogP contribution in [0.3, 0.4) is 0 Å². The molecule has 0 aliphatic rings. The van der Waals surface area contributed by atoms with Crippen LogP contribution in [0.2, 0.25) is 0 Å². The predicted octanol–water partition coefficient (Wildman–Crippen LogP) is 20.8. The molecule has 3 N–H and O–H groups in total. The summed E-state index contributed by atoms with van der Waals surface area (Å²) in [4.78, 5) is 72.4. The third-order valence-electron chi connectivity index (χ3n) is 17.1. The highest BCUT2D eigenvalue weighted by Crippen LogP contribution is 2.45. The second-order valence-corrected chi connectivity index (χ2v) is 29.6. The van der Waals surface area contributed by atoms with Crippen LogP contribution in [0.15, 0.2) is 0 Å². The van der Waals surface area contributed by atoms with Crippen molar-refractivity contribution >= 4 is 39.5 Å². The van der Waals surface area contributed by atoms with Crippen molar-refractivity contribution in [1.29, 1.82) is 0 Å². The quantitative estimate of drug-likeness (QED) is 0.0222. The molecule has 0 spiro atoms. The van der Waals surface area contributed by atoms with Crippen molar-refractivity contribution in [3.05, 3.63) is 0 Å². The van der Waals surface area contributed by atoms with Gasteiger partial charge in [-0.3, -0.25) is 37.3 Å². The first kappa shape index (κ1) is 89.1. The Bertz CT molecular complexity index is 1770. The van der Waals surface area contributed by atoms with E-state index < -0.39 is 97.5 Å². The lowest BCUT2D eigenvalue weighted by Crippen LogP contribution is -2.30. The number of carbonyl (C=O) groups excluding carboxylic acids is 4. The number of ether oxygens (including phenoxy) is 4. The van der Waals surface area contributed by atoms with Crippen molar-refractivity contribution in [2.45, 2.75) is 387 Å². The summed E-state index contributed by atoms with van der Waals surface area (Å²) in [6.45, 7) is 9.51. The highest BCUT2D eigenvalue weighted by molar-refractivity contribution is 7.47. The van der Waals surface area contributed by atoms with Gasteiger partial charge in [-0.25, -0.2) is 9.13 Å². The SMILES string of the molecule is CCCCCCCCCCCCCC(=O)OC[C@H](COP(=O)(O)OC[C@@H](O)COP(=O)(O)OC[C@@H](COC(=O)CCCCCCCCCCC)OC(=O)CCCCCCCCC(C)C)OC(=O)CCCCCCCCCCCCCCCCCCCCC(C)CC. The molecule has 6 atom stereocenters. The number of phosphoric ester groups is 2. The molecule has 0 aliphatic carbocycles. The van der Waals surface area contributed by atoms with Crippen molar-refractivity contribution in [1.82, 2.24) is 0 Å². The second-order valence-electron chi connectivity index (χ2n) is 26.7. The second kappa shape index (κ2) is 64.1. The third-order valence-corrected chi connectivity index (χ3v) is 19.0. The lowest BCUT2D eigenvalue weighted by atomic mass is 9.99. The third kappa shape index (κ3) is 65.1. The van der Waals surface area contributed by atoms with Gasteiger partial charge in [0.25, 0.3) is 0 Å². The van der Waals surface area contributed by atoms with Gasteiger partial charge in [0.05, 0.1) is 26.4 Å². The Balaban J connectivity index is 5.13. The molecule has 0 radical (unpaired) electrons. The summed E-state index contributed by atoms with van der Waals surface area (Å²) < 4.78 is 68.2. The minimum Gasteiger partial charge on any atom is -0.462 e. The van der Waals surface area contributed by atoms with Crippen LogP contribution in [-0.4, -0.2) is 96.7 Å². The number of hydrogen-bond acceptors (Lipinski definition) is 15. The Morgan fingerprint density at radius 2 is 0.560 bits per heavy atom. The molecule has 0 aromatic heterocycles. The smallest absolute Gasteiger partial charge is 0.462 e. The maximum absolute atomic E-state index is 13.0. The monoisotopic (exact) mass is 1340 g/mol. The van der Waals surface area contributed by atoms with Crippen LogP contribution in [0.4, 0.5) is 0 Å². The Morgan fingerprint density at radius 1 is 0.319 bits per heavy atom. The van der Waals surface area contributed by atoms with E-state index in [9.17, 15) is 43.2 Å². The number of hydrogen-bond donors (Lipinski definition) is 3. The molecular formula is C72H140O17P2. The molecule has 0 saturated carbocycles. The molecule has 3 unspecified atom stereocenters. The average molecular weight is 1340 g/mol. The summed E-state index contributed by atoms with van der Waals surface area (Å²) in [5.74, 6) is -0.587. The largest absolute Gasteiger partial charge is 0.472 e. The van der Waals surface area contributed by atoms with Crippen molar-refractivity contribution in [2.24, 2.45) is 11.8 Å². The van der Waals surface area contributed by atoms with E-state index in [0.29, 0.717) is 31.6 Å². The van der Waals surface area contributed by atoms with E-state index in [2.05, 4.69) is 41.5 Å². The Kier molecular flexibility index (Phi) is 62.7. The van der Waals surface area contributed by atoms with Gasteiger partial charge in [-0.1, -0.05) is 318 Å². The predicted molar refractivity (Wildman–Crippen MR) is 368 cm³/mol. The zero-order chi connectivity index (χ0) is 67.2. The molecule has 0 amide bonds. The van der Waals surface area contributed by atoms with Crippen LogP contribution < -0.4 is 0 Å². The fourth-order valence-corrected chi connectivity index (χ4v) is 12.5. The van der Waals surface area contributed by atoms with Gasteiger partial charge in [-0.15, -0.1) is 0 Å². The molecule has 0 aliphatic heterocycles. The Labute approximate surface area is 556 Å². The minimum absolute atomic E-state index is 0.102. The number of aliphatic hydroxyl groups excluding tert-OH is 1. The molecule has 0 aromatic rings. The van der Waals surface area contributed by atoms with Gasteiger partial charge in [-0.2, -0.15) is 0 Å². The molecule has 540 valence electrons. The molecule has 0 saturated heterocycles. The topological polar surface area (TPSA) is 237 Å². The van der Waals surface area contributed by atoms with Gasteiger partial charge < -0.3 is 33.8 Å². The molecule has 17 nitrogen and oxygen atoms in total. The molecule has 0 fully saturated rings.